The van der Waals surface area contributed by atoms with Gasteiger partial charge in [-0.05, 0) is 0 Å². The van der Waals surface area contributed by atoms with E-state index in [1.807, 2.05) is 6.92 Å². The summed E-state index contributed by atoms with van der Waals surface area (Å²) in [6.45, 7) is 3.68. The first-order chi connectivity index (χ1) is 6.45. The number of carbonyl (C=O) groups is 1. The molecule has 1 fully saturated rings. The van der Waals surface area contributed by atoms with Gasteiger partial charge in [-0.2, -0.15) is 4.31 Å². The molecule has 1 amide bonds. The summed E-state index contributed by atoms with van der Waals surface area (Å²) in [6.07, 6.45) is 1.68. The molecule has 0 saturated carbocycles. The molecule has 0 aromatic heterocycles. The predicted octanol–water partition coefficient (Wildman–Crippen LogP) is -0.500. The fourth-order valence-electron chi connectivity index (χ4n) is 1.49. The molecular weight excluding hydrogens is 204 g/mol. The quantitative estimate of drug-likeness (QED) is 0.630. The third kappa shape index (κ3) is 2.68. The van der Waals surface area contributed by atoms with Crippen LogP contribution in [-0.2, 0) is 14.8 Å². The van der Waals surface area contributed by atoms with Gasteiger partial charge in [0.2, 0.25) is 15.9 Å². The van der Waals surface area contributed by atoms with E-state index in [9.17, 15) is 13.2 Å². The maximum Gasteiger partial charge on any atom is 0.222 e. The highest BCUT2D eigenvalue weighted by Crippen LogP contribution is 2.06. The number of nitrogens with zero attached hydrogens (tertiary/aromatic N) is 2. The van der Waals surface area contributed by atoms with Crippen LogP contribution < -0.4 is 0 Å². The van der Waals surface area contributed by atoms with Crippen LogP contribution in [0.1, 0.15) is 13.3 Å². The molecule has 5 nitrogen and oxygen atoms in total. The molecule has 1 heterocycles. The minimum Gasteiger partial charge on any atom is -0.340 e. The van der Waals surface area contributed by atoms with Gasteiger partial charge in [-0.1, -0.05) is 6.92 Å². The molecule has 0 radical (unpaired) electrons. The maximum atomic E-state index is 11.3. The molecule has 1 aliphatic rings. The van der Waals surface area contributed by atoms with Crippen molar-refractivity contribution in [3.63, 3.8) is 0 Å². The van der Waals surface area contributed by atoms with Crippen molar-refractivity contribution >= 4 is 15.9 Å². The number of hydrogen-bond donors (Lipinski definition) is 0. The van der Waals surface area contributed by atoms with E-state index in [1.54, 1.807) is 4.90 Å². The maximum absolute atomic E-state index is 11.3. The van der Waals surface area contributed by atoms with Crippen LogP contribution in [0.5, 0.6) is 0 Å². The van der Waals surface area contributed by atoms with E-state index in [1.165, 1.54) is 10.6 Å². The second kappa shape index (κ2) is 4.27. The van der Waals surface area contributed by atoms with Crippen LogP contribution >= 0.6 is 0 Å². The van der Waals surface area contributed by atoms with Crippen molar-refractivity contribution in [3.05, 3.63) is 0 Å². The molecule has 0 aromatic carbocycles. The Balaban J connectivity index is 2.51. The number of piperazine rings is 1. The molecule has 0 atom stereocenters. The predicted molar refractivity (Wildman–Crippen MR) is 53.3 cm³/mol. The lowest BCUT2D eigenvalue weighted by atomic mass is 10.3. The van der Waals surface area contributed by atoms with Crippen LogP contribution in [0, 0.1) is 0 Å². The summed E-state index contributed by atoms with van der Waals surface area (Å²) >= 11 is 0. The van der Waals surface area contributed by atoms with Crippen LogP contribution in [0.25, 0.3) is 0 Å². The highest BCUT2D eigenvalue weighted by molar-refractivity contribution is 7.88. The molecule has 1 aliphatic heterocycles. The van der Waals surface area contributed by atoms with Crippen molar-refractivity contribution in [1.82, 2.24) is 9.21 Å². The zero-order valence-electron chi connectivity index (χ0n) is 8.56. The summed E-state index contributed by atoms with van der Waals surface area (Å²) in [6, 6.07) is 0. The Hall–Kier alpha value is -0.620. The van der Waals surface area contributed by atoms with Crippen LogP contribution in [0.4, 0.5) is 0 Å². The van der Waals surface area contributed by atoms with E-state index in [0.717, 1.165) is 0 Å². The SMILES string of the molecule is CCC(=O)N1CCN(S(C)(=O)=O)CC1. The van der Waals surface area contributed by atoms with E-state index in [-0.39, 0.29) is 5.91 Å². The van der Waals surface area contributed by atoms with Crippen LogP contribution in [0.3, 0.4) is 0 Å². The number of hydrogen-bond acceptors (Lipinski definition) is 3. The minimum absolute atomic E-state index is 0.0955. The van der Waals surface area contributed by atoms with Gasteiger partial charge in [0.05, 0.1) is 6.26 Å². The zero-order chi connectivity index (χ0) is 10.8. The molecule has 0 unspecified atom stereocenters. The number of carbonyl (C=O) groups excluding carboxylic acids is 1. The van der Waals surface area contributed by atoms with Gasteiger partial charge in [0.1, 0.15) is 0 Å². The Kier molecular flexibility index (Phi) is 3.49. The first kappa shape index (κ1) is 11.5. The first-order valence-corrected chi connectivity index (χ1v) is 6.53. The number of sulfonamides is 1. The summed E-state index contributed by atoms with van der Waals surface area (Å²) in [5.41, 5.74) is 0. The number of amides is 1. The molecule has 0 aliphatic carbocycles. The molecule has 6 heteroatoms. The lowest BCUT2D eigenvalue weighted by molar-refractivity contribution is -0.132. The van der Waals surface area contributed by atoms with Gasteiger partial charge in [-0.25, -0.2) is 8.42 Å². The Morgan fingerprint density at radius 2 is 1.71 bits per heavy atom. The molecule has 0 aromatic rings. The summed E-state index contributed by atoms with van der Waals surface area (Å²) in [5.74, 6) is 0.0955. The molecule has 0 bridgehead atoms. The molecule has 82 valence electrons. The smallest absolute Gasteiger partial charge is 0.222 e. The van der Waals surface area contributed by atoms with Crippen LogP contribution in [-0.4, -0.2) is 56.0 Å². The largest absolute Gasteiger partial charge is 0.340 e. The standard InChI is InChI=1S/C8H16N2O3S/c1-3-8(11)9-4-6-10(7-5-9)14(2,12)13/h3-7H2,1-2H3. The average Bonchev–Trinajstić information content (AvgIpc) is 2.15. The Morgan fingerprint density at radius 3 is 2.07 bits per heavy atom. The van der Waals surface area contributed by atoms with Gasteiger partial charge in [0, 0.05) is 32.6 Å². The van der Waals surface area contributed by atoms with Crippen LogP contribution in [0.2, 0.25) is 0 Å². The van der Waals surface area contributed by atoms with Crippen molar-refractivity contribution in [2.75, 3.05) is 32.4 Å². The zero-order valence-corrected chi connectivity index (χ0v) is 9.38. The van der Waals surface area contributed by atoms with Crippen molar-refractivity contribution in [2.24, 2.45) is 0 Å². The van der Waals surface area contributed by atoms with Gasteiger partial charge in [0.15, 0.2) is 0 Å². The molecule has 14 heavy (non-hydrogen) atoms. The molecule has 0 N–H and O–H groups in total. The average molecular weight is 220 g/mol. The van der Waals surface area contributed by atoms with E-state index in [4.69, 9.17) is 0 Å². The van der Waals surface area contributed by atoms with E-state index in [0.29, 0.717) is 32.6 Å². The molecule has 0 spiro atoms. The summed E-state index contributed by atoms with van der Waals surface area (Å²) < 4.78 is 23.7. The summed E-state index contributed by atoms with van der Waals surface area (Å²) in [7, 11) is -3.09. The second-order valence-corrected chi connectivity index (χ2v) is 5.38. The lowest BCUT2D eigenvalue weighted by Crippen LogP contribution is -2.50. The lowest BCUT2D eigenvalue weighted by Gasteiger charge is -2.33. The topological polar surface area (TPSA) is 57.7 Å². The monoisotopic (exact) mass is 220 g/mol. The minimum atomic E-state index is -3.09. The van der Waals surface area contributed by atoms with Crippen molar-refractivity contribution in [2.45, 2.75) is 13.3 Å². The van der Waals surface area contributed by atoms with Crippen molar-refractivity contribution < 1.29 is 13.2 Å². The van der Waals surface area contributed by atoms with Crippen molar-refractivity contribution in [3.8, 4) is 0 Å². The van der Waals surface area contributed by atoms with E-state index < -0.39 is 10.0 Å². The van der Waals surface area contributed by atoms with Gasteiger partial charge in [0.25, 0.3) is 0 Å². The number of rotatable bonds is 2. The Labute approximate surface area is 84.7 Å². The van der Waals surface area contributed by atoms with E-state index in [2.05, 4.69) is 0 Å². The summed E-state index contributed by atoms with van der Waals surface area (Å²) in [4.78, 5) is 13.0. The van der Waals surface area contributed by atoms with Crippen LogP contribution in [0.15, 0.2) is 0 Å². The third-order valence-corrected chi connectivity index (χ3v) is 3.67. The third-order valence-electron chi connectivity index (χ3n) is 2.36. The Bertz CT molecular complexity index is 305. The first-order valence-electron chi connectivity index (χ1n) is 4.68. The van der Waals surface area contributed by atoms with Crippen molar-refractivity contribution in [1.29, 1.82) is 0 Å². The molecule has 1 rings (SSSR count). The van der Waals surface area contributed by atoms with Gasteiger partial charge in [-0.3, -0.25) is 4.79 Å². The highest BCUT2D eigenvalue weighted by atomic mass is 32.2. The van der Waals surface area contributed by atoms with E-state index >= 15 is 0 Å². The normalized spacial score (nSPS) is 19.7. The van der Waals surface area contributed by atoms with Gasteiger partial charge >= 0.3 is 0 Å². The van der Waals surface area contributed by atoms with Gasteiger partial charge in [-0.15, -0.1) is 0 Å². The second-order valence-electron chi connectivity index (χ2n) is 3.40. The fourth-order valence-corrected chi connectivity index (χ4v) is 2.32. The van der Waals surface area contributed by atoms with Gasteiger partial charge < -0.3 is 4.90 Å². The molecular formula is C8H16N2O3S. The summed E-state index contributed by atoms with van der Waals surface area (Å²) in [5, 5.41) is 0. The Morgan fingerprint density at radius 1 is 1.21 bits per heavy atom. The highest BCUT2D eigenvalue weighted by Gasteiger charge is 2.24. The molecule has 1 saturated heterocycles. The fraction of sp³-hybridized carbons (Fsp3) is 0.875.